The first kappa shape index (κ1) is 18.9. The monoisotopic (exact) mass is 431 g/mol. The summed E-state index contributed by atoms with van der Waals surface area (Å²) in [5.74, 6) is 0.0747. The molecule has 0 N–H and O–H groups in total. The summed E-state index contributed by atoms with van der Waals surface area (Å²) in [4.78, 5) is 16.5. The molecule has 1 saturated heterocycles. The fourth-order valence-electron chi connectivity index (χ4n) is 4.60. The summed E-state index contributed by atoms with van der Waals surface area (Å²) in [6.07, 6.45) is 1.99. The van der Waals surface area contributed by atoms with Crippen LogP contribution in [0.25, 0.3) is 0 Å². The second-order valence-corrected chi connectivity index (χ2v) is 10.2. The molecular formula is C21H22ClN3O3S. The van der Waals surface area contributed by atoms with Crippen molar-refractivity contribution in [2.24, 2.45) is 0 Å². The molecule has 6 nitrogen and oxygen atoms in total. The molecule has 2 aromatic carbocycles. The summed E-state index contributed by atoms with van der Waals surface area (Å²) in [5.41, 5.74) is 3.79. The standard InChI is InChI=1S/C21H22ClN3O3S/c22-17-4-1-5-18(14-17)23-7-9-24(10-8-23)29(27,28)19-11-15-3-2-6-25-20(26)13-16(12-19)21(15)25/h1,4-5,11-12,14H,2-3,6-10,13H2. The van der Waals surface area contributed by atoms with Gasteiger partial charge in [-0.1, -0.05) is 17.7 Å². The number of anilines is 2. The minimum absolute atomic E-state index is 0.0747. The summed E-state index contributed by atoms with van der Waals surface area (Å²) in [6, 6.07) is 11.1. The Morgan fingerprint density at radius 3 is 2.45 bits per heavy atom. The lowest BCUT2D eigenvalue weighted by atomic mass is 10.0. The number of halogens is 1. The second-order valence-electron chi connectivity index (χ2n) is 7.79. The highest BCUT2D eigenvalue weighted by atomic mass is 35.5. The topological polar surface area (TPSA) is 60.9 Å². The lowest BCUT2D eigenvalue weighted by molar-refractivity contribution is -0.117. The van der Waals surface area contributed by atoms with Crippen molar-refractivity contribution in [3.63, 3.8) is 0 Å². The molecule has 0 atom stereocenters. The predicted molar refractivity (Wildman–Crippen MR) is 113 cm³/mol. The Hall–Kier alpha value is -2.09. The van der Waals surface area contributed by atoms with E-state index in [1.807, 2.05) is 29.2 Å². The van der Waals surface area contributed by atoms with Crippen LogP contribution in [0.5, 0.6) is 0 Å². The number of carbonyl (C=O) groups is 1. The van der Waals surface area contributed by atoms with Crippen LogP contribution in [0, 0.1) is 0 Å². The average molecular weight is 432 g/mol. The molecule has 0 aromatic heterocycles. The van der Waals surface area contributed by atoms with Crippen LogP contribution in [0.15, 0.2) is 41.3 Å². The number of nitrogens with zero attached hydrogens (tertiary/aromatic N) is 3. The van der Waals surface area contributed by atoms with Gasteiger partial charge in [0.05, 0.1) is 17.0 Å². The highest BCUT2D eigenvalue weighted by Crippen LogP contribution is 2.39. The molecular weight excluding hydrogens is 410 g/mol. The van der Waals surface area contributed by atoms with E-state index in [4.69, 9.17) is 11.6 Å². The summed E-state index contributed by atoms with van der Waals surface area (Å²) < 4.78 is 28.2. The summed E-state index contributed by atoms with van der Waals surface area (Å²) in [5, 5.41) is 0.674. The van der Waals surface area contributed by atoms with E-state index in [0.717, 1.165) is 41.9 Å². The van der Waals surface area contributed by atoms with Crippen LogP contribution in [0.4, 0.5) is 11.4 Å². The Morgan fingerprint density at radius 1 is 0.931 bits per heavy atom. The van der Waals surface area contributed by atoms with Crippen molar-refractivity contribution in [2.45, 2.75) is 24.2 Å². The second kappa shape index (κ2) is 7.00. The smallest absolute Gasteiger partial charge is 0.243 e. The summed E-state index contributed by atoms with van der Waals surface area (Å²) >= 11 is 6.09. The first-order chi connectivity index (χ1) is 13.9. The fourth-order valence-corrected chi connectivity index (χ4v) is 6.31. The van der Waals surface area contributed by atoms with Gasteiger partial charge >= 0.3 is 0 Å². The molecule has 0 unspecified atom stereocenters. The number of aryl methyl sites for hydroxylation is 1. The van der Waals surface area contributed by atoms with Crippen molar-refractivity contribution in [1.29, 1.82) is 0 Å². The molecule has 3 heterocycles. The number of carbonyl (C=O) groups excluding carboxylic acids is 1. The van der Waals surface area contributed by atoms with Gasteiger partial charge in [-0.2, -0.15) is 4.31 Å². The SMILES string of the molecule is O=C1Cc2cc(S(=O)(=O)N3CCN(c4cccc(Cl)c4)CC3)cc3c2N1CCC3. The largest absolute Gasteiger partial charge is 0.369 e. The van der Waals surface area contributed by atoms with Gasteiger partial charge in [0.25, 0.3) is 0 Å². The summed E-state index contributed by atoms with van der Waals surface area (Å²) in [7, 11) is -3.59. The Kier molecular flexibility index (Phi) is 4.57. The van der Waals surface area contributed by atoms with E-state index in [9.17, 15) is 13.2 Å². The van der Waals surface area contributed by atoms with Gasteiger partial charge in [-0.25, -0.2) is 8.42 Å². The number of piperazine rings is 1. The molecule has 152 valence electrons. The molecule has 0 radical (unpaired) electrons. The van der Waals surface area contributed by atoms with Gasteiger partial charge in [-0.3, -0.25) is 4.79 Å². The number of benzene rings is 2. The third kappa shape index (κ3) is 3.21. The van der Waals surface area contributed by atoms with Crippen molar-refractivity contribution in [1.82, 2.24) is 4.31 Å². The normalized spacial score (nSPS) is 19.6. The number of hydrogen-bond donors (Lipinski definition) is 0. The lowest BCUT2D eigenvalue weighted by Gasteiger charge is -2.35. The fraction of sp³-hybridized carbons (Fsp3) is 0.381. The zero-order valence-corrected chi connectivity index (χ0v) is 17.5. The quantitative estimate of drug-likeness (QED) is 0.749. The predicted octanol–water partition coefficient (Wildman–Crippen LogP) is 2.69. The Bertz CT molecular complexity index is 1090. The van der Waals surface area contributed by atoms with E-state index in [2.05, 4.69) is 4.90 Å². The molecule has 3 aliphatic heterocycles. The lowest BCUT2D eigenvalue weighted by Crippen LogP contribution is -2.48. The maximum Gasteiger partial charge on any atom is 0.243 e. The van der Waals surface area contributed by atoms with Gasteiger partial charge in [-0.05, 0) is 54.3 Å². The van der Waals surface area contributed by atoms with E-state index in [1.54, 1.807) is 16.4 Å². The number of hydrogen-bond acceptors (Lipinski definition) is 4. The minimum atomic E-state index is -3.59. The molecule has 1 amide bonds. The van der Waals surface area contributed by atoms with E-state index in [-0.39, 0.29) is 5.91 Å². The van der Waals surface area contributed by atoms with Crippen LogP contribution in [0.3, 0.4) is 0 Å². The van der Waals surface area contributed by atoms with Crippen molar-refractivity contribution < 1.29 is 13.2 Å². The number of sulfonamides is 1. The van der Waals surface area contributed by atoms with Crippen molar-refractivity contribution in [2.75, 3.05) is 42.5 Å². The van der Waals surface area contributed by atoms with Crippen LogP contribution in [0.1, 0.15) is 17.5 Å². The molecule has 0 spiro atoms. The molecule has 2 aromatic rings. The third-order valence-electron chi connectivity index (χ3n) is 6.03. The third-order valence-corrected chi connectivity index (χ3v) is 8.14. The first-order valence-electron chi connectivity index (χ1n) is 9.90. The Morgan fingerprint density at radius 2 is 1.69 bits per heavy atom. The van der Waals surface area contributed by atoms with Crippen LogP contribution >= 0.6 is 11.6 Å². The van der Waals surface area contributed by atoms with E-state index in [0.29, 0.717) is 42.5 Å². The Balaban J connectivity index is 1.39. The number of amides is 1. The number of rotatable bonds is 3. The zero-order chi connectivity index (χ0) is 20.2. The molecule has 5 rings (SSSR count). The zero-order valence-electron chi connectivity index (χ0n) is 16.0. The average Bonchev–Trinajstić information content (AvgIpc) is 3.05. The minimum Gasteiger partial charge on any atom is -0.369 e. The van der Waals surface area contributed by atoms with Crippen LogP contribution in [-0.4, -0.2) is 51.4 Å². The van der Waals surface area contributed by atoms with Crippen LogP contribution in [-0.2, 0) is 27.7 Å². The van der Waals surface area contributed by atoms with Gasteiger partial charge in [0, 0.05) is 43.4 Å². The molecule has 29 heavy (non-hydrogen) atoms. The Labute approximate surface area is 175 Å². The van der Waals surface area contributed by atoms with E-state index in [1.165, 1.54) is 0 Å². The van der Waals surface area contributed by atoms with Crippen LogP contribution < -0.4 is 9.80 Å². The molecule has 8 heteroatoms. The van der Waals surface area contributed by atoms with Gasteiger partial charge in [-0.15, -0.1) is 0 Å². The van der Waals surface area contributed by atoms with Crippen molar-refractivity contribution in [3.8, 4) is 0 Å². The highest BCUT2D eigenvalue weighted by Gasteiger charge is 2.35. The first-order valence-corrected chi connectivity index (χ1v) is 11.7. The summed E-state index contributed by atoms with van der Waals surface area (Å²) in [6.45, 7) is 2.81. The maximum absolute atomic E-state index is 13.3. The van der Waals surface area contributed by atoms with Crippen molar-refractivity contribution in [3.05, 3.63) is 52.5 Å². The molecule has 3 aliphatic rings. The van der Waals surface area contributed by atoms with E-state index < -0.39 is 10.0 Å². The van der Waals surface area contributed by atoms with Gasteiger partial charge in [0.2, 0.25) is 15.9 Å². The van der Waals surface area contributed by atoms with Gasteiger partial charge in [0.15, 0.2) is 0 Å². The van der Waals surface area contributed by atoms with Crippen molar-refractivity contribution >= 4 is 38.9 Å². The molecule has 1 fully saturated rings. The molecule has 0 saturated carbocycles. The molecule has 0 aliphatic carbocycles. The van der Waals surface area contributed by atoms with Gasteiger partial charge in [0.1, 0.15) is 0 Å². The van der Waals surface area contributed by atoms with Crippen LogP contribution in [0.2, 0.25) is 5.02 Å². The molecule has 0 bridgehead atoms. The van der Waals surface area contributed by atoms with Gasteiger partial charge < -0.3 is 9.80 Å². The highest BCUT2D eigenvalue weighted by molar-refractivity contribution is 7.89. The maximum atomic E-state index is 13.3. The van der Waals surface area contributed by atoms with E-state index >= 15 is 0 Å².